The van der Waals surface area contributed by atoms with Gasteiger partial charge in [-0.15, -0.1) is 0 Å². The summed E-state index contributed by atoms with van der Waals surface area (Å²) in [5.74, 6) is 2.62. The first kappa shape index (κ1) is 25.4. The van der Waals surface area contributed by atoms with Crippen LogP contribution in [-0.4, -0.2) is 117 Å². The summed E-state index contributed by atoms with van der Waals surface area (Å²) in [7, 11) is 1.87. The van der Waals surface area contributed by atoms with E-state index in [-0.39, 0.29) is 11.8 Å². The van der Waals surface area contributed by atoms with Gasteiger partial charge in [0, 0.05) is 58.3 Å². The van der Waals surface area contributed by atoms with E-state index in [4.69, 9.17) is 29.4 Å². The number of nitrogens with zero attached hydrogens (tertiary/aromatic N) is 9. The van der Waals surface area contributed by atoms with Gasteiger partial charge in [0.05, 0.1) is 37.5 Å². The molecule has 1 amide bonds. The van der Waals surface area contributed by atoms with Crippen molar-refractivity contribution < 1.29 is 14.3 Å². The van der Waals surface area contributed by atoms with Crippen molar-refractivity contribution in [3.05, 3.63) is 35.9 Å². The standard InChI is InChI=1S/C28H35N9O3/c1-18(2)23-29-20-6-4-5-7-21(20)37(23)28-31-24-22(25(32-28)35-10-14-40-15-11-35)30-26(33(24)3)27(38)36-16-19(17-36)34-8-12-39-13-9-34/h4-7,18-19H,8-17H2,1-3H3. The van der Waals surface area contributed by atoms with Crippen molar-refractivity contribution >= 4 is 33.9 Å². The van der Waals surface area contributed by atoms with Crippen LogP contribution >= 0.6 is 0 Å². The summed E-state index contributed by atoms with van der Waals surface area (Å²) < 4.78 is 15.0. The van der Waals surface area contributed by atoms with Gasteiger partial charge in [-0.25, -0.2) is 9.97 Å². The van der Waals surface area contributed by atoms with E-state index in [2.05, 4.69) is 23.6 Å². The molecule has 3 saturated heterocycles. The number of hydrogen-bond acceptors (Lipinski definition) is 9. The zero-order valence-electron chi connectivity index (χ0n) is 23.3. The number of rotatable bonds is 5. The molecule has 3 aliphatic heterocycles. The van der Waals surface area contributed by atoms with Crippen LogP contribution in [0.5, 0.6) is 0 Å². The van der Waals surface area contributed by atoms with Gasteiger partial charge < -0.3 is 23.8 Å². The number of imidazole rings is 2. The minimum atomic E-state index is -0.0737. The summed E-state index contributed by atoms with van der Waals surface area (Å²) in [5.41, 5.74) is 3.12. The Morgan fingerprint density at radius 1 is 0.925 bits per heavy atom. The normalized spacial score (nSPS) is 19.2. The first-order valence-electron chi connectivity index (χ1n) is 14.2. The number of aromatic nitrogens is 6. The highest BCUT2D eigenvalue weighted by molar-refractivity contribution is 5.97. The van der Waals surface area contributed by atoms with Gasteiger partial charge in [0.2, 0.25) is 11.8 Å². The van der Waals surface area contributed by atoms with E-state index in [9.17, 15) is 4.79 Å². The summed E-state index contributed by atoms with van der Waals surface area (Å²) in [4.78, 5) is 40.0. The molecule has 0 unspecified atom stereocenters. The molecule has 0 aliphatic carbocycles. The number of likely N-dealkylation sites (tertiary alicyclic amines) is 1. The molecule has 0 saturated carbocycles. The Morgan fingerprint density at radius 2 is 1.62 bits per heavy atom. The van der Waals surface area contributed by atoms with Crippen LogP contribution in [0.15, 0.2) is 24.3 Å². The number of ether oxygens (including phenoxy) is 2. The maximum atomic E-state index is 13.7. The monoisotopic (exact) mass is 545 g/mol. The number of hydrogen-bond donors (Lipinski definition) is 0. The van der Waals surface area contributed by atoms with Gasteiger partial charge >= 0.3 is 0 Å². The molecule has 6 heterocycles. The van der Waals surface area contributed by atoms with Crippen molar-refractivity contribution in [1.29, 1.82) is 0 Å². The molecule has 3 aromatic heterocycles. The Balaban J connectivity index is 1.31. The molecule has 3 fully saturated rings. The third-order valence-electron chi connectivity index (χ3n) is 8.21. The minimum absolute atomic E-state index is 0.0737. The van der Waals surface area contributed by atoms with Gasteiger partial charge in [0.1, 0.15) is 5.82 Å². The van der Waals surface area contributed by atoms with Crippen LogP contribution in [0.4, 0.5) is 5.82 Å². The molecule has 0 radical (unpaired) electrons. The first-order valence-corrected chi connectivity index (χ1v) is 14.2. The molecular formula is C28H35N9O3. The van der Waals surface area contributed by atoms with Crippen LogP contribution in [0.2, 0.25) is 0 Å². The Bertz CT molecular complexity index is 1560. The van der Waals surface area contributed by atoms with Crippen LogP contribution < -0.4 is 4.90 Å². The van der Waals surface area contributed by atoms with Gasteiger partial charge in [0.25, 0.3) is 5.91 Å². The molecule has 1 aromatic carbocycles. The molecule has 12 heteroatoms. The Kier molecular flexibility index (Phi) is 6.40. The van der Waals surface area contributed by atoms with Crippen LogP contribution in [0.3, 0.4) is 0 Å². The van der Waals surface area contributed by atoms with Crippen LogP contribution in [0, 0.1) is 0 Å². The van der Waals surface area contributed by atoms with E-state index in [0.717, 1.165) is 49.0 Å². The van der Waals surface area contributed by atoms with E-state index in [1.807, 2.05) is 45.3 Å². The number of amides is 1. The average molecular weight is 546 g/mol. The lowest BCUT2D eigenvalue weighted by atomic mass is 10.1. The molecule has 12 nitrogen and oxygen atoms in total. The summed E-state index contributed by atoms with van der Waals surface area (Å²) in [6.45, 7) is 11.6. The number of morpholine rings is 2. The first-order chi connectivity index (χ1) is 19.5. The third-order valence-corrected chi connectivity index (χ3v) is 8.21. The van der Waals surface area contributed by atoms with Crippen molar-refractivity contribution in [2.75, 3.05) is 70.6 Å². The molecular weight excluding hydrogens is 510 g/mol. The number of para-hydroxylation sites is 2. The minimum Gasteiger partial charge on any atom is -0.379 e. The van der Waals surface area contributed by atoms with Gasteiger partial charge in [-0.2, -0.15) is 9.97 Å². The summed E-state index contributed by atoms with van der Waals surface area (Å²) >= 11 is 0. The fraction of sp³-hybridized carbons (Fsp3) is 0.536. The van der Waals surface area contributed by atoms with Crippen molar-refractivity contribution in [3.8, 4) is 5.95 Å². The molecule has 40 heavy (non-hydrogen) atoms. The molecule has 0 N–H and O–H groups in total. The van der Waals surface area contributed by atoms with Gasteiger partial charge in [-0.1, -0.05) is 26.0 Å². The van der Waals surface area contributed by atoms with Crippen molar-refractivity contribution in [1.82, 2.24) is 38.9 Å². The number of fused-ring (bicyclic) bond motifs is 2. The smallest absolute Gasteiger partial charge is 0.290 e. The van der Waals surface area contributed by atoms with Gasteiger partial charge in [-0.3, -0.25) is 14.3 Å². The van der Waals surface area contributed by atoms with Crippen molar-refractivity contribution in [2.45, 2.75) is 25.8 Å². The van der Waals surface area contributed by atoms with E-state index >= 15 is 0 Å². The summed E-state index contributed by atoms with van der Waals surface area (Å²) in [6.07, 6.45) is 0. The number of aryl methyl sites for hydroxylation is 1. The highest BCUT2D eigenvalue weighted by atomic mass is 16.5. The lowest BCUT2D eigenvalue weighted by molar-refractivity contribution is -0.0260. The highest BCUT2D eigenvalue weighted by Gasteiger charge is 2.38. The molecule has 7 rings (SSSR count). The number of carbonyl (C=O) groups is 1. The topological polar surface area (TPSA) is 107 Å². The second-order valence-electron chi connectivity index (χ2n) is 11.1. The maximum Gasteiger partial charge on any atom is 0.290 e. The van der Waals surface area contributed by atoms with Crippen LogP contribution in [0.1, 0.15) is 36.2 Å². The second kappa shape index (κ2) is 10.1. The highest BCUT2D eigenvalue weighted by Crippen LogP contribution is 2.30. The number of carbonyl (C=O) groups excluding carboxylic acids is 1. The Morgan fingerprint density at radius 3 is 2.35 bits per heavy atom. The molecule has 4 aromatic rings. The van der Waals surface area contributed by atoms with Gasteiger partial charge in [-0.05, 0) is 12.1 Å². The lowest BCUT2D eigenvalue weighted by Gasteiger charge is -2.46. The van der Waals surface area contributed by atoms with Crippen LogP contribution in [0.25, 0.3) is 28.1 Å². The molecule has 0 spiro atoms. The second-order valence-corrected chi connectivity index (χ2v) is 11.1. The number of benzene rings is 1. The lowest BCUT2D eigenvalue weighted by Crippen LogP contribution is -2.63. The molecule has 210 valence electrons. The molecule has 0 atom stereocenters. The predicted molar refractivity (Wildman–Crippen MR) is 150 cm³/mol. The zero-order chi connectivity index (χ0) is 27.4. The summed E-state index contributed by atoms with van der Waals surface area (Å²) in [6, 6.07) is 8.43. The quantitative estimate of drug-likeness (QED) is 0.371. The molecule has 3 aliphatic rings. The number of anilines is 1. The van der Waals surface area contributed by atoms with Crippen molar-refractivity contribution in [3.63, 3.8) is 0 Å². The third kappa shape index (κ3) is 4.21. The van der Waals surface area contributed by atoms with Gasteiger partial charge in [0.15, 0.2) is 17.0 Å². The Labute approximate surface area is 232 Å². The van der Waals surface area contributed by atoms with E-state index in [1.165, 1.54) is 0 Å². The summed E-state index contributed by atoms with van der Waals surface area (Å²) in [5, 5.41) is 0. The largest absolute Gasteiger partial charge is 0.379 e. The molecule has 0 bridgehead atoms. The SMILES string of the molecule is CC(C)c1nc2ccccc2n1-c1nc(N2CCOCC2)c2nc(C(=O)N3CC(N4CCOCC4)C3)n(C)c2n1. The Hall–Kier alpha value is -3.61. The van der Waals surface area contributed by atoms with E-state index in [0.29, 0.717) is 68.4 Å². The van der Waals surface area contributed by atoms with Crippen molar-refractivity contribution in [2.24, 2.45) is 7.05 Å². The van der Waals surface area contributed by atoms with E-state index < -0.39 is 0 Å². The predicted octanol–water partition coefficient (Wildman–Crippen LogP) is 1.82. The fourth-order valence-electron chi connectivity index (χ4n) is 5.90. The average Bonchev–Trinajstić information content (AvgIpc) is 3.51. The fourth-order valence-corrected chi connectivity index (χ4v) is 5.90. The van der Waals surface area contributed by atoms with E-state index in [1.54, 1.807) is 0 Å². The maximum absolute atomic E-state index is 13.7. The van der Waals surface area contributed by atoms with Crippen LogP contribution in [-0.2, 0) is 16.5 Å². The zero-order valence-corrected chi connectivity index (χ0v) is 23.3.